The number of ether oxygens (including phenoxy) is 1. The monoisotopic (exact) mass is 586 g/mol. The van der Waals surface area contributed by atoms with E-state index >= 15 is 0 Å². The standard InChI is InChI=1S/C19H16BrIN4O3S/c1-2-8-24-10-15(28-17(26)12-4-3-7-22-16(12)20)25(19(24)27)18-23-13-6-5-11(21)9-14(13)29-18/h3-7,9,15H,2,8,10H2,1H3. The first-order valence-corrected chi connectivity index (χ1v) is 11.6. The molecule has 2 amide bonds. The lowest BCUT2D eigenvalue weighted by Gasteiger charge is -2.20. The van der Waals surface area contributed by atoms with Crippen molar-refractivity contribution in [3.05, 3.63) is 50.3 Å². The van der Waals surface area contributed by atoms with Gasteiger partial charge < -0.3 is 9.64 Å². The molecular formula is C19H16BrIN4O3S. The molecule has 0 N–H and O–H groups in total. The number of benzene rings is 1. The van der Waals surface area contributed by atoms with E-state index in [1.165, 1.54) is 16.2 Å². The summed E-state index contributed by atoms with van der Waals surface area (Å²) >= 11 is 6.93. The highest BCUT2D eigenvalue weighted by atomic mass is 127. The number of anilines is 1. The molecule has 0 saturated carbocycles. The quantitative estimate of drug-likeness (QED) is 0.242. The smallest absolute Gasteiger partial charge is 0.342 e. The summed E-state index contributed by atoms with van der Waals surface area (Å²) in [4.78, 5) is 37.6. The lowest BCUT2D eigenvalue weighted by molar-refractivity contribution is 0.0324. The zero-order chi connectivity index (χ0) is 20.5. The zero-order valence-electron chi connectivity index (χ0n) is 15.3. The van der Waals surface area contributed by atoms with E-state index in [1.807, 2.05) is 25.1 Å². The van der Waals surface area contributed by atoms with Crippen molar-refractivity contribution in [3.63, 3.8) is 0 Å². The van der Waals surface area contributed by atoms with Gasteiger partial charge in [0.05, 0.1) is 22.3 Å². The first kappa shape index (κ1) is 20.5. The molecule has 1 aliphatic heterocycles. The van der Waals surface area contributed by atoms with Gasteiger partial charge in [0, 0.05) is 16.3 Å². The third-order valence-corrected chi connectivity index (χ3v) is 6.72. The summed E-state index contributed by atoms with van der Waals surface area (Å²) in [5, 5.41) is 0.522. The number of aromatic nitrogens is 2. The topological polar surface area (TPSA) is 75.6 Å². The van der Waals surface area contributed by atoms with E-state index in [-0.39, 0.29) is 6.03 Å². The van der Waals surface area contributed by atoms with Crippen LogP contribution in [0.1, 0.15) is 23.7 Å². The van der Waals surface area contributed by atoms with Gasteiger partial charge in [0.1, 0.15) is 4.60 Å². The second-order valence-electron chi connectivity index (χ2n) is 6.41. The Morgan fingerprint density at radius 1 is 1.41 bits per heavy atom. The number of hydrogen-bond donors (Lipinski definition) is 0. The largest absolute Gasteiger partial charge is 0.435 e. The summed E-state index contributed by atoms with van der Waals surface area (Å²) in [6.45, 7) is 2.88. The average molecular weight is 587 g/mol. The van der Waals surface area contributed by atoms with Crippen LogP contribution in [0, 0.1) is 3.57 Å². The average Bonchev–Trinajstić information content (AvgIpc) is 3.22. The van der Waals surface area contributed by atoms with Crippen LogP contribution >= 0.6 is 49.9 Å². The maximum absolute atomic E-state index is 13.0. The lowest BCUT2D eigenvalue weighted by Crippen LogP contribution is -2.37. The van der Waals surface area contributed by atoms with Crippen molar-refractivity contribution in [2.45, 2.75) is 19.6 Å². The molecule has 10 heteroatoms. The second-order valence-corrected chi connectivity index (χ2v) is 9.41. The van der Waals surface area contributed by atoms with Crippen LogP contribution in [-0.4, -0.2) is 46.2 Å². The van der Waals surface area contributed by atoms with Gasteiger partial charge in [-0.1, -0.05) is 18.3 Å². The van der Waals surface area contributed by atoms with E-state index in [4.69, 9.17) is 4.74 Å². The molecule has 1 unspecified atom stereocenters. The van der Waals surface area contributed by atoms with Gasteiger partial charge in [0.15, 0.2) is 5.13 Å². The highest BCUT2D eigenvalue weighted by Crippen LogP contribution is 2.34. The Kier molecular flexibility index (Phi) is 6.02. The van der Waals surface area contributed by atoms with Crippen LogP contribution in [0.25, 0.3) is 10.2 Å². The maximum atomic E-state index is 13.0. The summed E-state index contributed by atoms with van der Waals surface area (Å²) in [5.41, 5.74) is 1.12. The highest BCUT2D eigenvalue weighted by molar-refractivity contribution is 14.1. The Labute approximate surface area is 193 Å². The molecule has 1 atom stereocenters. The number of carbonyl (C=O) groups excluding carboxylic acids is 2. The van der Waals surface area contributed by atoms with E-state index in [9.17, 15) is 9.59 Å². The van der Waals surface area contributed by atoms with Crippen molar-refractivity contribution in [1.29, 1.82) is 0 Å². The van der Waals surface area contributed by atoms with Gasteiger partial charge in [-0.3, -0.25) is 0 Å². The molecule has 0 radical (unpaired) electrons. The van der Waals surface area contributed by atoms with Crippen LogP contribution in [0.4, 0.5) is 9.93 Å². The molecule has 1 aliphatic rings. The molecule has 0 bridgehead atoms. The Balaban J connectivity index is 1.67. The number of pyridine rings is 1. The molecule has 1 aromatic carbocycles. The number of thiazole rings is 1. The van der Waals surface area contributed by atoms with Crippen molar-refractivity contribution >= 4 is 77.2 Å². The van der Waals surface area contributed by atoms with Gasteiger partial charge in [-0.15, -0.1) is 0 Å². The summed E-state index contributed by atoms with van der Waals surface area (Å²) in [5.74, 6) is -0.540. The van der Waals surface area contributed by atoms with Crippen LogP contribution < -0.4 is 4.90 Å². The number of rotatable bonds is 5. The summed E-state index contributed by atoms with van der Waals surface area (Å²) in [6.07, 6.45) is 1.64. The molecule has 150 valence electrons. The van der Waals surface area contributed by atoms with Crippen molar-refractivity contribution in [3.8, 4) is 0 Å². The molecule has 29 heavy (non-hydrogen) atoms. The van der Waals surface area contributed by atoms with Crippen LogP contribution in [0.2, 0.25) is 0 Å². The van der Waals surface area contributed by atoms with Gasteiger partial charge in [-0.2, -0.15) is 0 Å². The molecule has 1 fully saturated rings. The number of carbonyl (C=O) groups is 2. The Hall–Kier alpha value is -1.79. The van der Waals surface area contributed by atoms with Crippen LogP contribution in [-0.2, 0) is 4.74 Å². The molecule has 0 spiro atoms. The minimum atomic E-state index is -0.756. The minimum absolute atomic E-state index is 0.205. The van der Waals surface area contributed by atoms with E-state index in [0.29, 0.717) is 28.4 Å². The number of fused-ring (bicyclic) bond motifs is 1. The predicted molar refractivity (Wildman–Crippen MR) is 123 cm³/mol. The maximum Gasteiger partial charge on any atom is 0.342 e. The molecule has 3 aromatic rings. The third kappa shape index (κ3) is 4.10. The normalized spacial score (nSPS) is 16.7. The fourth-order valence-electron chi connectivity index (χ4n) is 3.09. The van der Waals surface area contributed by atoms with Gasteiger partial charge in [0.2, 0.25) is 6.23 Å². The van der Waals surface area contributed by atoms with Gasteiger partial charge >= 0.3 is 12.0 Å². The van der Waals surface area contributed by atoms with Crippen LogP contribution in [0.3, 0.4) is 0 Å². The molecule has 4 rings (SSSR count). The Bertz CT molecular complexity index is 1090. The molecule has 7 nitrogen and oxygen atoms in total. The van der Waals surface area contributed by atoms with E-state index < -0.39 is 12.2 Å². The SMILES string of the molecule is CCCN1CC(OC(=O)c2cccnc2Br)N(c2nc3ccc(I)cc3s2)C1=O. The number of amides is 2. The molecular weight excluding hydrogens is 571 g/mol. The number of esters is 1. The van der Waals surface area contributed by atoms with E-state index in [0.717, 1.165) is 20.2 Å². The highest BCUT2D eigenvalue weighted by Gasteiger charge is 2.42. The van der Waals surface area contributed by atoms with E-state index in [2.05, 4.69) is 48.5 Å². The molecule has 1 saturated heterocycles. The van der Waals surface area contributed by atoms with Crippen molar-refractivity contribution in [2.75, 3.05) is 18.0 Å². The Morgan fingerprint density at radius 3 is 3.00 bits per heavy atom. The number of nitrogens with zero attached hydrogens (tertiary/aromatic N) is 4. The lowest BCUT2D eigenvalue weighted by atomic mass is 10.3. The second kappa shape index (κ2) is 8.52. The summed E-state index contributed by atoms with van der Waals surface area (Å²) in [7, 11) is 0. The number of hydrogen-bond acceptors (Lipinski definition) is 6. The molecule has 3 heterocycles. The predicted octanol–water partition coefficient (Wildman–Crippen LogP) is 4.89. The van der Waals surface area contributed by atoms with Crippen molar-refractivity contribution < 1.29 is 14.3 Å². The first-order chi connectivity index (χ1) is 14.0. The molecule has 2 aromatic heterocycles. The van der Waals surface area contributed by atoms with Crippen LogP contribution in [0.5, 0.6) is 0 Å². The summed E-state index contributed by atoms with van der Waals surface area (Å²) in [6, 6.07) is 9.01. The van der Waals surface area contributed by atoms with E-state index in [1.54, 1.807) is 23.2 Å². The van der Waals surface area contributed by atoms with Crippen molar-refractivity contribution in [2.24, 2.45) is 0 Å². The number of halogens is 2. The van der Waals surface area contributed by atoms with Gasteiger partial charge in [0.25, 0.3) is 0 Å². The number of urea groups is 1. The Morgan fingerprint density at radius 2 is 2.24 bits per heavy atom. The fourth-order valence-corrected chi connectivity index (χ4v) is 5.24. The van der Waals surface area contributed by atoms with Crippen LogP contribution in [0.15, 0.2) is 41.1 Å². The van der Waals surface area contributed by atoms with Gasteiger partial charge in [-0.05, 0) is 75.3 Å². The third-order valence-electron chi connectivity index (χ3n) is 4.40. The summed E-state index contributed by atoms with van der Waals surface area (Å²) < 4.78 is 8.21. The molecule has 0 aliphatic carbocycles. The fraction of sp³-hybridized carbons (Fsp3) is 0.263. The first-order valence-electron chi connectivity index (χ1n) is 8.93. The zero-order valence-corrected chi connectivity index (χ0v) is 19.9. The minimum Gasteiger partial charge on any atom is -0.435 e. The van der Waals surface area contributed by atoms with Gasteiger partial charge in [-0.25, -0.2) is 24.5 Å². The van der Waals surface area contributed by atoms with Crippen molar-refractivity contribution in [1.82, 2.24) is 14.9 Å².